The number of rotatable bonds is 3. The van der Waals surface area contributed by atoms with E-state index in [1.54, 1.807) is 22.0 Å². The van der Waals surface area contributed by atoms with E-state index < -0.39 is 0 Å². The van der Waals surface area contributed by atoms with E-state index in [2.05, 4.69) is 0 Å². The van der Waals surface area contributed by atoms with Crippen LogP contribution in [0.3, 0.4) is 0 Å². The van der Waals surface area contributed by atoms with E-state index in [1.807, 2.05) is 39.0 Å². The minimum absolute atomic E-state index is 0.0518. The third kappa shape index (κ3) is 2.61. The number of hydrogen-bond acceptors (Lipinski definition) is 5. The molecule has 1 aromatic carbocycles. The molecule has 0 unspecified atom stereocenters. The van der Waals surface area contributed by atoms with Gasteiger partial charge in [-0.05, 0) is 62.1 Å². The highest BCUT2D eigenvalue weighted by atomic mass is 32.1. The van der Waals surface area contributed by atoms with Gasteiger partial charge < -0.3 is 9.84 Å². The third-order valence-electron chi connectivity index (χ3n) is 4.81. The normalized spacial score (nSPS) is 15.0. The fourth-order valence-electron chi connectivity index (χ4n) is 3.35. The Morgan fingerprint density at radius 2 is 2.19 bits per heavy atom. The van der Waals surface area contributed by atoms with E-state index in [1.165, 1.54) is 0 Å². The molecule has 0 radical (unpaired) electrons. The number of aromatic hydroxyl groups is 1. The molecule has 3 aromatic rings. The predicted molar refractivity (Wildman–Crippen MR) is 105 cm³/mol. The molecule has 0 aliphatic carbocycles. The van der Waals surface area contributed by atoms with Crippen LogP contribution in [0.4, 0.5) is 0 Å². The Bertz CT molecular complexity index is 1110. The Kier molecular flexibility index (Phi) is 4.07. The van der Waals surface area contributed by atoms with Crippen molar-refractivity contribution in [1.29, 1.82) is 0 Å². The molecule has 6 heteroatoms. The molecule has 26 heavy (non-hydrogen) atoms. The fraction of sp³-hybridized carbons (Fsp3) is 0.300. The van der Waals surface area contributed by atoms with Crippen LogP contribution in [0.1, 0.15) is 35.2 Å². The van der Waals surface area contributed by atoms with Crippen molar-refractivity contribution in [2.45, 2.75) is 33.7 Å². The Morgan fingerprint density at radius 3 is 2.96 bits per heavy atom. The SMILES string of the molecule is CCOc1cc(/C=C2\CCn3c2nc2sc(C)c(C)c2c3=O)ccc1O. The number of nitrogens with zero attached hydrogens (tertiary/aromatic N) is 2. The Hall–Kier alpha value is -2.60. The van der Waals surface area contributed by atoms with Crippen LogP contribution >= 0.6 is 11.3 Å². The summed E-state index contributed by atoms with van der Waals surface area (Å²) in [6, 6.07) is 5.27. The number of fused-ring (bicyclic) bond motifs is 2. The summed E-state index contributed by atoms with van der Waals surface area (Å²) in [4.78, 5) is 19.6. The highest BCUT2D eigenvalue weighted by molar-refractivity contribution is 7.18. The molecule has 1 aliphatic heterocycles. The van der Waals surface area contributed by atoms with Gasteiger partial charge in [-0.1, -0.05) is 6.07 Å². The predicted octanol–water partition coefficient (Wildman–Crippen LogP) is 4.12. The number of aryl methyl sites for hydroxylation is 2. The first-order chi connectivity index (χ1) is 12.5. The first-order valence-corrected chi connectivity index (χ1v) is 9.48. The number of phenols is 1. The number of ether oxygens (including phenoxy) is 1. The van der Waals surface area contributed by atoms with E-state index in [0.29, 0.717) is 18.9 Å². The first-order valence-electron chi connectivity index (χ1n) is 8.67. The second-order valence-corrected chi connectivity index (χ2v) is 7.64. The van der Waals surface area contributed by atoms with E-state index in [4.69, 9.17) is 9.72 Å². The molecular formula is C20H20N2O3S. The first kappa shape index (κ1) is 16.8. The summed E-state index contributed by atoms with van der Waals surface area (Å²) in [7, 11) is 0. The summed E-state index contributed by atoms with van der Waals surface area (Å²) in [5.41, 5.74) is 3.04. The average Bonchev–Trinajstić information content (AvgIpc) is 3.13. The van der Waals surface area contributed by atoms with Gasteiger partial charge in [-0.25, -0.2) is 4.98 Å². The Labute approximate surface area is 155 Å². The standard InChI is InChI=1S/C20H20N2O3S/c1-4-25-16-10-13(5-6-15(16)23)9-14-7-8-22-18(14)21-19-17(20(22)24)11(2)12(3)26-19/h5-6,9-10,23H,4,7-8H2,1-3H3/b14-9+. The summed E-state index contributed by atoms with van der Waals surface area (Å²) in [6.45, 7) is 7.03. The molecule has 4 rings (SSSR count). The van der Waals surface area contributed by atoms with Crippen LogP contribution < -0.4 is 10.3 Å². The third-order valence-corrected chi connectivity index (χ3v) is 5.91. The lowest BCUT2D eigenvalue weighted by Gasteiger charge is -2.07. The number of allylic oxidation sites excluding steroid dienone is 1. The van der Waals surface area contributed by atoms with Crippen LogP contribution in [-0.4, -0.2) is 21.3 Å². The molecule has 0 saturated carbocycles. The molecule has 134 valence electrons. The van der Waals surface area contributed by atoms with Gasteiger partial charge in [-0.2, -0.15) is 0 Å². The maximum absolute atomic E-state index is 12.9. The summed E-state index contributed by atoms with van der Waals surface area (Å²) in [5.74, 6) is 1.33. The number of hydrogen-bond donors (Lipinski definition) is 1. The Balaban J connectivity index is 1.83. The van der Waals surface area contributed by atoms with Crippen LogP contribution in [0, 0.1) is 13.8 Å². The molecule has 0 spiro atoms. The number of phenolic OH excluding ortho intramolecular Hbond substituents is 1. The van der Waals surface area contributed by atoms with Crippen molar-refractivity contribution < 1.29 is 9.84 Å². The van der Waals surface area contributed by atoms with Gasteiger partial charge in [0.1, 0.15) is 10.7 Å². The second-order valence-electron chi connectivity index (χ2n) is 6.44. The minimum Gasteiger partial charge on any atom is -0.504 e. The molecule has 2 aromatic heterocycles. The summed E-state index contributed by atoms with van der Waals surface area (Å²) in [6.07, 6.45) is 2.79. The summed E-state index contributed by atoms with van der Waals surface area (Å²) < 4.78 is 7.23. The number of benzene rings is 1. The molecule has 0 atom stereocenters. The van der Waals surface area contributed by atoms with Crippen molar-refractivity contribution in [1.82, 2.24) is 9.55 Å². The Morgan fingerprint density at radius 1 is 1.38 bits per heavy atom. The molecule has 0 fully saturated rings. The largest absolute Gasteiger partial charge is 0.504 e. The van der Waals surface area contributed by atoms with Gasteiger partial charge in [0.15, 0.2) is 11.5 Å². The zero-order valence-corrected chi connectivity index (χ0v) is 15.8. The summed E-state index contributed by atoms with van der Waals surface area (Å²) in [5, 5.41) is 10.6. The van der Waals surface area contributed by atoms with Gasteiger partial charge in [-0.3, -0.25) is 9.36 Å². The van der Waals surface area contributed by atoms with E-state index >= 15 is 0 Å². The van der Waals surface area contributed by atoms with E-state index in [9.17, 15) is 9.90 Å². The zero-order valence-electron chi connectivity index (χ0n) is 15.0. The number of thiophene rings is 1. The summed E-state index contributed by atoms with van der Waals surface area (Å²) >= 11 is 1.57. The van der Waals surface area contributed by atoms with Crippen LogP contribution in [0.15, 0.2) is 23.0 Å². The molecule has 3 heterocycles. The van der Waals surface area contributed by atoms with E-state index in [-0.39, 0.29) is 11.3 Å². The zero-order chi connectivity index (χ0) is 18.4. The minimum atomic E-state index is 0.0518. The monoisotopic (exact) mass is 368 g/mol. The van der Waals surface area contributed by atoms with Gasteiger partial charge in [0.05, 0.1) is 12.0 Å². The number of aromatic nitrogens is 2. The van der Waals surface area contributed by atoms with Crippen molar-refractivity contribution in [3.05, 3.63) is 50.4 Å². The maximum atomic E-state index is 12.9. The van der Waals surface area contributed by atoms with Crippen LogP contribution in [0.5, 0.6) is 11.5 Å². The quantitative estimate of drug-likeness (QED) is 0.755. The highest BCUT2D eigenvalue weighted by Crippen LogP contribution is 2.33. The van der Waals surface area contributed by atoms with Crippen molar-refractivity contribution >= 4 is 33.2 Å². The topological polar surface area (TPSA) is 64.4 Å². The van der Waals surface area contributed by atoms with Crippen molar-refractivity contribution in [3.8, 4) is 11.5 Å². The highest BCUT2D eigenvalue weighted by Gasteiger charge is 2.23. The van der Waals surface area contributed by atoms with Crippen LogP contribution in [0.2, 0.25) is 0 Å². The van der Waals surface area contributed by atoms with Gasteiger partial charge in [0, 0.05) is 11.4 Å². The molecule has 0 bridgehead atoms. The fourth-order valence-corrected chi connectivity index (χ4v) is 4.37. The second kappa shape index (κ2) is 6.29. The lowest BCUT2D eigenvalue weighted by atomic mass is 10.1. The maximum Gasteiger partial charge on any atom is 0.262 e. The average molecular weight is 368 g/mol. The lowest BCUT2D eigenvalue weighted by molar-refractivity contribution is 0.318. The molecule has 1 aliphatic rings. The van der Waals surface area contributed by atoms with E-state index in [0.717, 1.165) is 44.0 Å². The molecular weight excluding hydrogens is 348 g/mol. The smallest absolute Gasteiger partial charge is 0.262 e. The molecule has 5 nitrogen and oxygen atoms in total. The molecule has 0 amide bonds. The lowest BCUT2D eigenvalue weighted by Crippen LogP contribution is -2.20. The molecule has 1 N–H and O–H groups in total. The van der Waals surface area contributed by atoms with Gasteiger partial charge in [-0.15, -0.1) is 11.3 Å². The van der Waals surface area contributed by atoms with Gasteiger partial charge in [0.2, 0.25) is 0 Å². The van der Waals surface area contributed by atoms with Crippen LogP contribution in [-0.2, 0) is 6.54 Å². The van der Waals surface area contributed by atoms with Crippen molar-refractivity contribution in [3.63, 3.8) is 0 Å². The molecule has 0 saturated heterocycles. The van der Waals surface area contributed by atoms with Gasteiger partial charge in [0.25, 0.3) is 5.56 Å². The van der Waals surface area contributed by atoms with Crippen molar-refractivity contribution in [2.24, 2.45) is 0 Å². The van der Waals surface area contributed by atoms with Crippen LogP contribution in [0.25, 0.3) is 21.9 Å². The van der Waals surface area contributed by atoms with Crippen molar-refractivity contribution in [2.75, 3.05) is 6.61 Å². The van der Waals surface area contributed by atoms with Gasteiger partial charge >= 0.3 is 0 Å².